The van der Waals surface area contributed by atoms with Crippen molar-refractivity contribution >= 4 is 11.7 Å². The van der Waals surface area contributed by atoms with E-state index in [1.54, 1.807) is 6.20 Å². The van der Waals surface area contributed by atoms with Crippen LogP contribution in [0.15, 0.2) is 30.5 Å². The van der Waals surface area contributed by atoms with Crippen LogP contribution in [-0.4, -0.2) is 49.9 Å². The van der Waals surface area contributed by atoms with E-state index < -0.39 is 0 Å². The zero-order valence-corrected chi connectivity index (χ0v) is 16.9. The Bertz CT molecular complexity index is 863. The summed E-state index contributed by atoms with van der Waals surface area (Å²) in [6, 6.07) is 7.70. The number of carbonyl (C=O) groups excluding carboxylic acids is 1. The van der Waals surface area contributed by atoms with Crippen molar-refractivity contribution in [1.29, 1.82) is 0 Å². The number of aromatic nitrogens is 1. The standard InChI is InChI=1S/C22H27N3O4/c1-3-28-19-11-17-10-15(2)29-20(17)12-18(19)14-24-22(26)16-4-5-21(23-13-16)25-6-8-27-9-7-25/h4-5,11-13,15H,3,6-10,14H2,1-2H3,(H,24,26). The van der Waals surface area contributed by atoms with E-state index >= 15 is 0 Å². The number of ether oxygens (including phenoxy) is 3. The minimum atomic E-state index is -0.164. The molecule has 1 saturated heterocycles. The van der Waals surface area contributed by atoms with Crippen molar-refractivity contribution in [2.45, 2.75) is 32.9 Å². The number of hydrogen-bond donors (Lipinski definition) is 1. The number of pyridine rings is 1. The summed E-state index contributed by atoms with van der Waals surface area (Å²) in [4.78, 5) is 19.2. The number of rotatable bonds is 6. The highest BCUT2D eigenvalue weighted by Gasteiger charge is 2.22. The Hall–Kier alpha value is -2.80. The van der Waals surface area contributed by atoms with Gasteiger partial charge < -0.3 is 24.4 Å². The lowest BCUT2D eigenvalue weighted by molar-refractivity contribution is 0.0950. The maximum absolute atomic E-state index is 12.6. The van der Waals surface area contributed by atoms with Crippen LogP contribution in [0.4, 0.5) is 5.82 Å². The molecule has 7 heteroatoms. The van der Waals surface area contributed by atoms with Crippen LogP contribution in [0.3, 0.4) is 0 Å². The highest BCUT2D eigenvalue weighted by Crippen LogP contribution is 2.35. The van der Waals surface area contributed by atoms with Crippen LogP contribution in [0.25, 0.3) is 0 Å². The number of nitrogens with one attached hydrogen (secondary N) is 1. The van der Waals surface area contributed by atoms with Gasteiger partial charge in [0.25, 0.3) is 5.91 Å². The third-order valence-electron chi connectivity index (χ3n) is 5.16. The minimum absolute atomic E-state index is 0.164. The van der Waals surface area contributed by atoms with Gasteiger partial charge in [-0.1, -0.05) is 0 Å². The monoisotopic (exact) mass is 397 g/mol. The molecule has 1 fully saturated rings. The smallest absolute Gasteiger partial charge is 0.253 e. The predicted molar refractivity (Wildman–Crippen MR) is 110 cm³/mol. The first-order chi connectivity index (χ1) is 14.1. The van der Waals surface area contributed by atoms with Gasteiger partial charge in [0.1, 0.15) is 23.4 Å². The molecule has 4 rings (SSSR count). The van der Waals surface area contributed by atoms with E-state index in [9.17, 15) is 4.79 Å². The zero-order chi connectivity index (χ0) is 20.2. The molecule has 1 N–H and O–H groups in total. The van der Waals surface area contributed by atoms with E-state index in [2.05, 4.69) is 22.1 Å². The van der Waals surface area contributed by atoms with E-state index in [0.717, 1.165) is 48.0 Å². The second-order valence-corrected chi connectivity index (χ2v) is 7.32. The Labute approximate surface area is 171 Å². The number of benzene rings is 1. The molecule has 1 aromatic heterocycles. The molecule has 3 heterocycles. The van der Waals surface area contributed by atoms with Crippen LogP contribution in [0.2, 0.25) is 0 Å². The van der Waals surface area contributed by atoms with Crippen molar-refractivity contribution in [2.24, 2.45) is 0 Å². The minimum Gasteiger partial charge on any atom is -0.494 e. The summed E-state index contributed by atoms with van der Waals surface area (Å²) in [6.07, 6.45) is 2.67. The van der Waals surface area contributed by atoms with Crippen LogP contribution in [0.5, 0.6) is 11.5 Å². The van der Waals surface area contributed by atoms with Crippen LogP contribution in [0.1, 0.15) is 35.3 Å². The summed E-state index contributed by atoms with van der Waals surface area (Å²) < 4.78 is 17.0. The van der Waals surface area contributed by atoms with Gasteiger partial charge in [0.15, 0.2) is 0 Å². The van der Waals surface area contributed by atoms with Crippen LogP contribution < -0.4 is 19.7 Å². The zero-order valence-electron chi connectivity index (χ0n) is 16.9. The number of fused-ring (bicyclic) bond motifs is 1. The molecular weight excluding hydrogens is 370 g/mol. The van der Waals surface area contributed by atoms with Gasteiger partial charge >= 0.3 is 0 Å². The van der Waals surface area contributed by atoms with E-state index in [4.69, 9.17) is 14.2 Å². The molecule has 0 spiro atoms. The molecule has 0 aliphatic carbocycles. The average Bonchev–Trinajstić information content (AvgIpc) is 3.11. The third kappa shape index (κ3) is 4.45. The van der Waals surface area contributed by atoms with Crippen LogP contribution in [-0.2, 0) is 17.7 Å². The molecule has 0 bridgehead atoms. The fourth-order valence-electron chi connectivity index (χ4n) is 3.69. The number of carbonyl (C=O) groups is 1. The first-order valence-corrected chi connectivity index (χ1v) is 10.2. The van der Waals surface area contributed by atoms with Crippen molar-refractivity contribution in [3.05, 3.63) is 47.2 Å². The van der Waals surface area contributed by atoms with Crippen molar-refractivity contribution in [2.75, 3.05) is 37.8 Å². The first kappa shape index (κ1) is 19.5. The van der Waals surface area contributed by atoms with Gasteiger partial charge in [-0.25, -0.2) is 4.98 Å². The lowest BCUT2D eigenvalue weighted by Gasteiger charge is -2.27. The average molecular weight is 397 g/mol. The summed E-state index contributed by atoms with van der Waals surface area (Å²) in [7, 11) is 0. The number of hydrogen-bond acceptors (Lipinski definition) is 6. The SMILES string of the molecule is CCOc1cc2c(cc1CNC(=O)c1ccc(N3CCOCC3)nc1)OC(C)C2. The first-order valence-electron chi connectivity index (χ1n) is 10.2. The molecule has 2 aliphatic heterocycles. The lowest BCUT2D eigenvalue weighted by atomic mass is 10.1. The highest BCUT2D eigenvalue weighted by molar-refractivity contribution is 5.94. The maximum Gasteiger partial charge on any atom is 0.253 e. The number of morpholine rings is 1. The van der Waals surface area contributed by atoms with Gasteiger partial charge in [0.2, 0.25) is 0 Å². The third-order valence-corrected chi connectivity index (χ3v) is 5.16. The molecule has 1 unspecified atom stereocenters. The fourth-order valence-corrected chi connectivity index (χ4v) is 3.69. The Kier molecular flexibility index (Phi) is 5.85. The summed E-state index contributed by atoms with van der Waals surface area (Å²) in [5.74, 6) is 2.38. The molecule has 154 valence electrons. The molecule has 2 aromatic rings. The molecule has 0 saturated carbocycles. The number of amides is 1. The van der Waals surface area contributed by atoms with Crippen molar-refractivity contribution < 1.29 is 19.0 Å². The fraction of sp³-hybridized carbons (Fsp3) is 0.455. The van der Waals surface area contributed by atoms with Crippen LogP contribution >= 0.6 is 0 Å². The quantitative estimate of drug-likeness (QED) is 0.808. The van der Waals surface area contributed by atoms with Gasteiger partial charge in [-0.3, -0.25) is 4.79 Å². The Morgan fingerprint density at radius 1 is 1.31 bits per heavy atom. The van der Waals surface area contributed by atoms with Gasteiger partial charge in [0, 0.05) is 43.4 Å². The Balaban J connectivity index is 1.42. The maximum atomic E-state index is 12.6. The summed E-state index contributed by atoms with van der Waals surface area (Å²) >= 11 is 0. The molecule has 1 atom stereocenters. The van der Waals surface area contributed by atoms with E-state index in [1.165, 1.54) is 0 Å². The second-order valence-electron chi connectivity index (χ2n) is 7.32. The largest absolute Gasteiger partial charge is 0.494 e. The highest BCUT2D eigenvalue weighted by atomic mass is 16.5. The molecule has 2 aliphatic rings. The molecule has 1 aromatic carbocycles. The molecule has 29 heavy (non-hydrogen) atoms. The topological polar surface area (TPSA) is 72.9 Å². The van der Waals surface area contributed by atoms with E-state index in [1.807, 2.05) is 31.2 Å². The van der Waals surface area contributed by atoms with Gasteiger partial charge in [0.05, 0.1) is 25.4 Å². The number of anilines is 1. The molecular formula is C22H27N3O4. The molecule has 0 radical (unpaired) electrons. The summed E-state index contributed by atoms with van der Waals surface area (Å²) in [5, 5.41) is 2.97. The molecule has 1 amide bonds. The Morgan fingerprint density at radius 3 is 2.86 bits per heavy atom. The lowest BCUT2D eigenvalue weighted by Crippen LogP contribution is -2.36. The van der Waals surface area contributed by atoms with Gasteiger partial charge in [-0.2, -0.15) is 0 Å². The summed E-state index contributed by atoms with van der Waals surface area (Å²) in [5.41, 5.74) is 2.59. The molecule has 7 nitrogen and oxygen atoms in total. The van der Waals surface area contributed by atoms with E-state index in [-0.39, 0.29) is 12.0 Å². The number of nitrogens with zero attached hydrogens (tertiary/aromatic N) is 2. The van der Waals surface area contributed by atoms with Crippen LogP contribution in [0, 0.1) is 0 Å². The predicted octanol–water partition coefficient (Wildman–Crippen LogP) is 2.57. The van der Waals surface area contributed by atoms with Gasteiger partial charge in [-0.05, 0) is 38.1 Å². The Morgan fingerprint density at radius 2 is 2.14 bits per heavy atom. The van der Waals surface area contributed by atoms with E-state index in [0.29, 0.717) is 31.9 Å². The van der Waals surface area contributed by atoms with Crippen molar-refractivity contribution in [1.82, 2.24) is 10.3 Å². The second kappa shape index (κ2) is 8.69. The normalized spacial score (nSPS) is 18.1. The summed E-state index contributed by atoms with van der Waals surface area (Å²) in [6.45, 7) is 7.99. The van der Waals surface area contributed by atoms with Crippen molar-refractivity contribution in [3.63, 3.8) is 0 Å². The van der Waals surface area contributed by atoms with Crippen molar-refractivity contribution in [3.8, 4) is 11.5 Å². The van der Waals surface area contributed by atoms with Gasteiger partial charge in [-0.15, -0.1) is 0 Å².